The first-order valence-electron chi connectivity index (χ1n) is 4.87. The molecule has 0 amide bonds. The molecule has 0 heterocycles. The highest BCUT2D eigenvalue weighted by molar-refractivity contribution is 9.10. The molecular weight excluding hydrogens is 274 g/mol. The van der Waals surface area contributed by atoms with Crippen molar-refractivity contribution in [2.24, 2.45) is 5.92 Å². The van der Waals surface area contributed by atoms with Gasteiger partial charge in [-0.3, -0.25) is 10.1 Å². The molecule has 5 heteroatoms. The van der Waals surface area contributed by atoms with Crippen molar-refractivity contribution in [2.45, 2.75) is 12.8 Å². The van der Waals surface area contributed by atoms with Crippen LogP contribution in [0.2, 0.25) is 0 Å². The van der Waals surface area contributed by atoms with E-state index in [1.54, 1.807) is 19.1 Å². The van der Waals surface area contributed by atoms with E-state index in [1.165, 1.54) is 0 Å². The fourth-order valence-corrected chi connectivity index (χ4v) is 1.80. The lowest BCUT2D eigenvalue weighted by molar-refractivity contribution is -0.484. The predicted molar refractivity (Wildman–Crippen MR) is 64.0 cm³/mol. The summed E-state index contributed by atoms with van der Waals surface area (Å²) in [5, 5.41) is 10.6. The van der Waals surface area contributed by atoms with Gasteiger partial charge in [0.15, 0.2) is 0 Å². The van der Waals surface area contributed by atoms with Gasteiger partial charge in [0.1, 0.15) is 6.29 Å². The van der Waals surface area contributed by atoms with Gasteiger partial charge in [0.05, 0.1) is 5.92 Å². The van der Waals surface area contributed by atoms with Crippen molar-refractivity contribution in [3.8, 4) is 0 Å². The standard InChI is InChI=1S/C11H12BrNO3/c1-8(7-14)11(6-13(15)16)9-2-4-10(12)5-3-9/h2-5,7-8,11H,6H2,1H3/t8-,11-/m0/s1. The average Bonchev–Trinajstić information content (AvgIpc) is 2.26. The normalized spacial score (nSPS) is 14.1. The van der Waals surface area contributed by atoms with Crippen molar-refractivity contribution in [2.75, 3.05) is 6.54 Å². The minimum absolute atomic E-state index is 0.221. The predicted octanol–water partition coefficient (Wildman–Crippen LogP) is 2.64. The Labute approximate surface area is 102 Å². The summed E-state index contributed by atoms with van der Waals surface area (Å²) < 4.78 is 0.912. The number of hydrogen-bond donors (Lipinski definition) is 0. The van der Waals surface area contributed by atoms with Crippen LogP contribution in [0.5, 0.6) is 0 Å². The maximum absolute atomic E-state index is 10.7. The van der Waals surface area contributed by atoms with Gasteiger partial charge >= 0.3 is 0 Å². The molecule has 0 fully saturated rings. The molecule has 4 nitrogen and oxygen atoms in total. The van der Waals surface area contributed by atoms with Gasteiger partial charge in [-0.25, -0.2) is 0 Å². The highest BCUT2D eigenvalue weighted by atomic mass is 79.9. The van der Waals surface area contributed by atoms with Crippen LogP contribution in [0.25, 0.3) is 0 Å². The Morgan fingerprint density at radius 3 is 2.44 bits per heavy atom. The monoisotopic (exact) mass is 285 g/mol. The Morgan fingerprint density at radius 1 is 1.44 bits per heavy atom. The number of nitro groups is 1. The summed E-state index contributed by atoms with van der Waals surface area (Å²) in [5.74, 6) is -0.716. The van der Waals surface area contributed by atoms with Crippen LogP contribution in [0.1, 0.15) is 18.4 Å². The van der Waals surface area contributed by atoms with Crippen molar-refractivity contribution >= 4 is 22.2 Å². The summed E-state index contributed by atoms with van der Waals surface area (Å²) in [7, 11) is 0. The minimum Gasteiger partial charge on any atom is -0.303 e. The van der Waals surface area contributed by atoms with E-state index in [1.807, 2.05) is 12.1 Å². The van der Waals surface area contributed by atoms with Gasteiger partial charge in [-0.15, -0.1) is 0 Å². The number of rotatable bonds is 5. The van der Waals surface area contributed by atoms with Gasteiger partial charge in [0, 0.05) is 15.3 Å². The molecule has 0 aliphatic heterocycles. The summed E-state index contributed by atoms with van der Waals surface area (Å²) in [6.45, 7) is 1.48. The number of nitrogens with zero attached hydrogens (tertiary/aromatic N) is 1. The van der Waals surface area contributed by atoms with Crippen LogP contribution < -0.4 is 0 Å². The van der Waals surface area contributed by atoms with Crippen molar-refractivity contribution in [1.82, 2.24) is 0 Å². The molecule has 0 unspecified atom stereocenters. The van der Waals surface area contributed by atoms with Crippen LogP contribution in [0.4, 0.5) is 0 Å². The Kier molecular flexibility index (Phi) is 4.61. The Morgan fingerprint density at radius 2 is 2.00 bits per heavy atom. The summed E-state index contributed by atoms with van der Waals surface area (Å²) in [4.78, 5) is 20.9. The lowest BCUT2D eigenvalue weighted by Crippen LogP contribution is -2.20. The summed E-state index contributed by atoms with van der Waals surface area (Å²) in [6.07, 6.45) is 0.760. The van der Waals surface area contributed by atoms with E-state index in [4.69, 9.17) is 0 Å². The van der Waals surface area contributed by atoms with E-state index in [0.29, 0.717) is 0 Å². The molecule has 0 aliphatic carbocycles. The van der Waals surface area contributed by atoms with E-state index in [-0.39, 0.29) is 23.3 Å². The van der Waals surface area contributed by atoms with Crippen LogP contribution in [-0.4, -0.2) is 17.8 Å². The maximum Gasteiger partial charge on any atom is 0.211 e. The van der Waals surface area contributed by atoms with Crippen LogP contribution in [0.15, 0.2) is 28.7 Å². The number of aldehydes is 1. The fraction of sp³-hybridized carbons (Fsp3) is 0.364. The topological polar surface area (TPSA) is 60.2 Å². The Bertz CT molecular complexity index is 377. The summed E-state index contributed by atoms with van der Waals surface area (Å²) in [5.41, 5.74) is 0.819. The van der Waals surface area contributed by atoms with Gasteiger partial charge < -0.3 is 4.79 Å². The number of carbonyl (C=O) groups is 1. The van der Waals surface area contributed by atoms with E-state index in [2.05, 4.69) is 15.9 Å². The average molecular weight is 286 g/mol. The molecule has 1 aromatic carbocycles. The molecule has 1 aromatic rings. The third kappa shape index (κ3) is 3.41. The lowest BCUT2D eigenvalue weighted by atomic mass is 9.88. The van der Waals surface area contributed by atoms with Crippen molar-refractivity contribution in [1.29, 1.82) is 0 Å². The first-order valence-corrected chi connectivity index (χ1v) is 5.66. The molecule has 0 saturated heterocycles. The van der Waals surface area contributed by atoms with E-state index < -0.39 is 0 Å². The van der Waals surface area contributed by atoms with Crippen LogP contribution >= 0.6 is 15.9 Å². The first kappa shape index (κ1) is 12.8. The van der Waals surface area contributed by atoms with Crippen LogP contribution in [0, 0.1) is 16.0 Å². The molecule has 2 atom stereocenters. The quantitative estimate of drug-likeness (QED) is 0.475. The molecule has 0 saturated carbocycles. The van der Waals surface area contributed by atoms with E-state index in [9.17, 15) is 14.9 Å². The zero-order valence-corrected chi connectivity index (χ0v) is 10.4. The third-order valence-corrected chi connectivity index (χ3v) is 3.02. The molecule has 0 bridgehead atoms. The van der Waals surface area contributed by atoms with Gasteiger partial charge in [-0.2, -0.15) is 0 Å². The Balaban J connectivity index is 2.95. The second kappa shape index (κ2) is 5.75. The third-order valence-electron chi connectivity index (χ3n) is 2.49. The highest BCUT2D eigenvalue weighted by Gasteiger charge is 2.24. The molecule has 0 radical (unpaired) electrons. The van der Waals surface area contributed by atoms with Crippen molar-refractivity contribution in [3.05, 3.63) is 44.4 Å². The van der Waals surface area contributed by atoms with Crippen molar-refractivity contribution < 1.29 is 9.72 Å². The zero-order valence-electron chi connectivity index (χ0n) is 8.80. The largest absolute Gasteiger partial charge is 0.303 e. The molecule has 1 rings (SSSR count). The molecule has 0 N–H and O–H groups in total. The SMILES string of the molecule is C[C@@H](C=O)[C@H](C[N+](=O)[O-])c1ccc(Br)cc1. The molecule has 0 aromatic heterocycles. The van der Waals surface area contributed by atoms with Crippen molar-refractivity contribution in [3.63, 3.8) is 0 Å². The second-order valence-electron chi connectivity index (χ2n) is 3.67. The highest BCUT2D eigenvalue weighted by Crippen LogP contribution is 2.25. The van der Waals surface area contributed by atoms with Gasteiger partial charge in [-0.1, -0.05) is 35.0 Å². The lowest BCUT2D eigenvalue weighted by Gasteiger charge is -2.16. The summed E-state index contributed by atoms with van der Waals surface area (Å²) >= 11 is 3.30. The maximum atomic E-state index is 10.7. The number of hydrogen-bond acceptors (Lipinski definition) is 3. The summed E-state index contributed by atoms with van der Waals surface area (Å²) in [6, 6.07) is 7.25. The smallest absolute Gasteiger partial charge is 0.211 e. The number of halogens is 1. The zero-order chi connectivity index (χ0) is 12.1. The first-order chi connectivity index (χ1) is 7.54. The molecule has 0 aliphatic rings. The molecule has 86 valence electrons. The van der Waals surface area contributed by atoms with E-state index in [0.717, 1.165) is 16.3 Å². The second-order valence-corrected chi connectivity index (χ2v) is 4.58. The molecule has 0 spiro atoms. The van der Waals surface area contributed by atoms with Gasteiger partial charge in [0.2, 0.25) is 6.54 Å². The van der Waals surface area contributed by atoms with E-state index >= 15 is 0 Å². The number of carbonyl (C=O) groups excluding carboxylic acids is 1. The fourth-order valence-electron chi connectivity index (χ4n) is 1.54. The van der Waals surface area contributed by atoms with Crippen LogP contribution in [-0.2, 0) is 4.79 Å². The number of benzene rings is 1. The van der Waals surface area contributed by atoms with Crippen LogP contribution in [0.3, 0.4) is 0 Å². The van der Waals surface area contributed by atoms with Gasteiger partial charge in [-0.05, 0) is 17.7 Å². The Hall–Kier alpha value is -1.23. The van der Waals surface area contributed by atoms with Gasteiger partial charge in [0.25, 0.3) is 0 Å². The molecule has 16 heavy (non-hydrogen) atoms. The minimum atomic E-state index is -0.382. The molecular formula is C11H12BrNO3.